The van der Waals surface area contributed by atoms with Crippen LogP contribution in [-0.4, -0.2) is 66.8 Å². The molecular formula is C22H32N2O4. The normalized spacial score (nSPS) is 15.9. The molecule has 154 valence electrons. The molecule has 2 saturated heterocycles. The van der Waals surface area contributed by atoms with Gasteiger partial charge in [-0.15, -0.1) is 0 Å². The van der Waals surface area contributed by atoms with Crippen LogP contribution in [0.15, 0.2) is 48.5 Å². The van der Waals surface area contributed by atoms with Gasteiger partial charge < -0.3 is 29.6 Å². The molecule has 0 spiro atoms. The van der Waals surface area contributed by atoms with Crippen molar-refractivity contribution >= 4 is 0 Å². The Kier molecular flexibility index (Phi) is 11.1. The van der Waals surface area contributed by atoms with Crippen molar-refractivity contribution < 1.29 is 18.9 Å². The molecule has 2 N–H and O–H groups in total. The third-order valence-corrected chi connectivity index (χ3v) is 4.20. The number of hydrogen-bond acceptors (Lipinski definition) is 6. The highest BCUT2D eigenvalue weighted by atomic mass is 16.5. The lowest BCUT2D eigenvalue weighted by molar-refractivity contribution is 0.109. The Bertz CT molecular complexity index is 578. The van der Waals surface area contributed by atoms with Crippen molar-refractivity contribution in [3.8, 4) is 22.6 Å². The molecule has 0 atom stereocenters. The fraction of sp³-hybridized carbons (Fsp3) is 0.455. The van der Waals surface area contributed by atoms with Gasteiger partial charge in [0.1, 0.15) is 11.5 Å². The zero-order valence-electron chi connectivity index (χ0n) is 16.9. The van der Waals surface area contributed by atoms with Crippen LogP contribution in [0.1, 0.15) is 0 Å². The van der Waals surface area contributed by atoms with Gasteiger partial charge >= 0.3 is 0 Å². The molecule has 0 unspecified atom stereocenters. The summed E-state index contributed by atoms with van der Waals surface area (Å²) in [6.07, 6.45) is 0. The van der Waals surface area contributed by atoms with Crippen LogP contribution in [0.2, 0.25) is 0 Å². The molecule has 2 aliphatic heterocycles. The Morgan fingerprint density at radius 3 is 1.21 bits per heavy atom. The lowest BCUT2D eigenvalue weighted by atomic mass is 10.0. The summed E-state index contributed by atoms with van der Waals surface area (Å²) in [6.45, 7) is 7.67. The smallest absolute Gasteiger partial charge is 0.126 e. The van der Waals surface area contributed by atoms with Gasteiger partial charge in [-0.1, -0.05) is 36.4 Å². The van der Waals surface area contributed by atoms with Crippen molar-refractivity contribution in [2.24, 2.45) is 0 Å². The first-order chi connectivity index (χ1) is 13.9. The summed E-state index contributed by atoms with van der Waals surface area (Å²) in [7, 11) is 3.35. The third kappa shape index (κ3) is 7.86. The van der Waals surface area contributed by atoms with Crippen molar-refractivity contribution in [3.05, 3.63) is 48.5 Å². The minimum atomic E-state index is 0.854. The summed E-state index contributed by atoms with van der Waals surface area (Å²) in [5, 5.41) is 6.32. The average Bonchev–Trinajstić information content (AvgIpc) is 2.82. The summed E-state index contributed by atoms with van der Waals surface area (Å²) in [4.78, 5) is 0. The molecule has 0 amide bonds. The van der Waals surface area contributed by atoms with Crippen LogP contribution >= 0.6 is 0 Å². The van der Waals surface area contributed by atoms with E-state index in [0.29, 0.717) is 0 Å². The van der Waals surface area contributed by atoms with E-state index in [2.05, 4.69) is 10.6 Å². The molecule has 6 heteroatoms. The molecular weight excluding hydrogens is 356 g/mol. The second-order valence-corrected chi connectivity index (χ2v) is 6.13. The second kappa shape index (κ2) is 14.0. The molecule has 0 radical (unpaired) electrons. The second-order valence-electron chi connectivity index (χ2n) is 6.13. The van der Waals surface area contributed by atoms with Crippen LogP contribution in [0.4, 0.5) is 0 Å². The van der Waals surface area contributed by atoms with Crippen molar-refractivity contribution in [2.45, 2.75) is 0 Å². The number of nitrogens with one attached hydrogen (secondary N) is 2. The summed E-state index contributed by atoms with van der Waals surface area (Å²) in [5.74, 6) is 1.71. The van der Waals surface area contributed by atoms with E-state index >= 15 is 0 Å². The lowest BCUT2D eigenvalue weighted by Gasteiger charge is -2.11. The van der Waals surface area contributed by atoms with E-state index in [1.807, 2.05) is 48.5 Å². The number of morpholine rings is 2. The van der Waals surface area contributed by atoms with Crippen molar-refractivity contribution in [3.63, 3.8) is 0 Å². The Morgan fingerprint density at radius 1 is 0.607 bits per heavy atom. The SMILES string of the molecule is C1COCCN1.C1COCCN1.COc1ccccc1-c1ccccc1OC. The summed E-state index contributed by atoms with van der Waals surface area (Å²) in [5.41, 5.74) is 2.09. The van der Waals surface area contributed by atoms with Gasteiger partial charge in [-0.2, -0.15) is 0 Å². The highest BCUT2D eigenvalue weighted by Gasteiger charge is 2.09. The van der Waals surface area contributed by atoms with E-state index in [-0.39, 0.29) is 0 Å². The molecule has 0 aromatic heterocycles. The predicted octanol–water partition coefficient (Wildman–Crippen LogP) is 2.58. The quantitative estimate of drug-likeness (QED) is 0.843. The van der Waals surface area contributed by atoms with Crippen molar-refractivity contribution in [1.82, 2.24) is 10.6 Å². The summed E-state index contributed by atoms with van der Waals surface area (Å²) < 4.78 is 20.7. The van der Waals surface area contributed by atoms with Gasteiger partial charge in [0.2, 0.25) is 0 Å². The monoisotopic (exact) mass is 388 g/mol. The highest BCUT2D eigenvalue weighted by molar-refractivity contribution is 5.75. The number of para-hydroxylation sites is 2. The van der Waals surface area contributed by atoms with Crippen molar-refractivity contribution in [1.29, 1.82) is 0 Å². The Labute approximate surface area is 168 Å². The van der Waals surface area contributed by atoms with Crippen LogP contribution < -0.4 is 20.1 Å². The van der Waals surface area contributed by atoms with Gasteiger partial charge in [-0.05, 0) is 12.1 Å². The average molecular weight is 389 g/mol. The molecule has 28 heavy (non-hydrogen) atoms. The Hall–Kier alpha value is -2.12. The standard InChI is InChI=1S/C14H14O2.2C4H9NO/c1-15-13-9-5-3-7-11(13)12-8-4-6-10-14(12)16-2;2*1-3-6-4-2-5-1/h3-10H,1-2H3;2*5H,1-4H2. The fourth-order valence-electron chi connectivity index (χ4n) is 2.77. The topological polar surface area (TPSA) is 61.0 Å². The van der Waals surface area contributed by atoms with E-state index < -0.39 is 0 Å². The van der Waals surface area contributed by atoms with Crippen molar-refractivity contribution in [2.75, 3.05) is 66.8 Å². The fourth-order valence-corrected chi connectivity index (χ4v) is 2.77. The van der Waals surface area contributed by atoms with Gasteiger partial charge in [0.25, 0.3) is 0 Å². The molecule has 2 fully saturated rings. The number of rotatable bonds is 3. The van der Waals surface area contributed by atoms with Gasteiger partial charge in [0.15, 0.2) is 0 Å². The van der Waals surface area contributed by atoms with E-state index in [9.17, 15) is 0 Å². The van der Waals surface area contributed by atoms with E-state index in [4.69, 9.17) is 18.9 Å². The molecule has 0 aliphatic carbocycles. The minimum absolute atomic E-state index is 0.854. The number of benzene rings is 2. The maximum Gasteiger partial charge on any atom is 0.126 e. The van der Waals surface area contributed by atoms with Crippen LogP contribution in [0.5, 0.6) is 11.5 Å². The lowest BCUT2D eigenvalue weighted by Crippen LogP contribution is -2.30. The molecule has 0 saturated carbocycles. The van der Waals surface area contributed by atoms with Gasteiger partial charge in [0, 0.05) is 37.3 Å². The maximum atomic E-state index is 5.34. The number of methoxy groups -OCH3 is 2. The van der Waals surface area contributed by atoms with Crippen LogP contribution in [0, 0.1) is 0 Å². The molecule has 0 bridgehead atoms. The van der Waals surface area contributed by atoms with E-state index in [0.717, 1.165) is 75.2 Å². The highest BCUT2D eigenvalue weighted by Crippen LogP contribution is 2.35. The van der Waals surface area contributed by atoms with Crippen LogP contribution in [-0.2, 0) is 9.47 Å². The molecule has 2 aliphatic rings. The molecule has 2 heterocycles. The Morgan fingerprint density at radius 2 is 0.964 bits per heavy atom. The minimum Gasteiger partial charge on any atom is -0.496 e. The van der Waals surface area contributed by atoms with Gasteiger partial charge in [0.05, 0.1) is 40.6 Å². The zero-order valence-corrected chi connectivity index (χ0v) is 16.9. The van der Waals surface area contributed by atoms with Crippen LogP contribution in [0.3, 0.4) is 0 Å². The molecule has 6 nitrogen and oxygen atoms in total. The molecule has 4 rings (SSSR count). The van der Waals surface area contributed by atoms with Gasteiger partial charge in [-0.25, -0.2) is 0 Å². The first-order valence-corrected chi connectivity index (χ1v) is 9.70. The molecule has 2 aromatic carbocycles. The third-order valence-electron chi connectivity index (χ3n) is 4.20. The van der Waals surface area contributed by atoms with Crippen LogP contribution in [0.25, 0.3) is 11.1 Å². The summed E-state index contributed by atoms with van der Waals surface area (Å²) >= 11 is 0. The zero-order chi connectivity index (χ0) is 19.9. The summed E-state index contributed by atoms with van der Waals surface area (Å²) in [6, 6.07) is 15.8. The predicted molar refractivity (Wildman–Crippen MR) is 112 cm³/mol. The van der Waals surface area contributed by atoms with E-state index in [1.165, 1.54) is 0 Å². The largest absolute Gasteiger partial charge is 0.496 e. The maximum absolute atomic E-state index is 5.34. The molecule has 2 aromatic rings. The first-order valence-electron chi connectivity index (χ1n) is 9.70. The number of hydrogen-bond donors (Lipinski definition) is 2. The first kappa shape index (κ1) is 22.2. The number of ether oxygens (including phenoxy) is 4. The Balaban J connectivity index is 0.000000190. The van der Waals surface area contributed by atoms with Gasteiger partial charge in [-0.3, -0.25) is 0 Å². The van der Waals surface area contributed by atoms with E-state index in [1.54, 1.807) is 14.2 Å².